The van der Waals surface area contributed by atoms with Crippen LogP contribution in [0.15, 0.2) is 70.4 Å². The molecule has 1 aromatic heterocycles. The van der Waals surface area contributed by atoms with Crippen LogP contribution in [0.4, 0.5) is 10.5 Å². The summed E-state index contributed by atoms with van der Waals surface area (Å²) >= 11 is 0. The van der Waals surface area contributed by atoms with E-state index >= 15 is 0 Å². The molecule has 5 rings (SSSR count). The van der Waals surface area contributed by atoms with Gasteiger partial charge in [0.2, 0.25) is 21.8 Å². The number of benzene rings is 3. The van der Waals surface area contributed by atoms with Crippen LogP contribution in [0.1, 0.15) is 71.4 Å². The lowest BCUT2D eigenvalue weighted by molar-refractivity contribution is -0.130. The van der Waals surface area contributed by atoms with Crippen LogP contribution in [0.5, 0.6) is 0 Å². The Balaban J connectivity index is 1.28. The Kier molecular flexibility index (Phi) is 12.1. The molecule has 0 aliphatic heterocycles. The van der Waals surface area contributed by atoms with Crippen LogP contribution in [0.2, 0.25) is 0 Å². The molecule has 6 N–H and O–H groups in total. The summed E-state index contributed by atoms with van der Waals surface area (Å²) in [7, 11) is -3.63. The van der Waals surface area contributed by atoms with E-state index in [1.807, 2.05) is 52.0 Å². The highest BCUT2D eigenvalue weighted by Crippen LogP contribution is 2.30. The zero-order chi connectivity index (χ0) is 38.5. The number of aryl methyl sites for hydroxylation is 1. The van der Waals surface area contributed by atoms with Crippen LogP contribution >= 0.6 is 0 Å². The molecule has 3 aromatic carbocycles. The fourth-order valence-corrected chi connectivity index (χ4v) is 7.91. The molecule has 1 aliphatic carbocycles. The monoisotopic (exact) mass is 746 g/mol. The largest absolute Gasteiger partial charge is 0.444 e. The average Bonchev–Trinajstić information content (AvgIpc) is 3.45. The predicted molar refractivity (Wildman–Crippen MR) is 205 cm³/mol. The van der Waals surface area contributed by atoms with Crippen LogP contribution < -0.4 is 26.2 Å². The second-order valence-electron chi connectivity index (χ2n) is 15.1. The van der Waals surface area contributed by atoms with Gasteiger partial charge in [0.15, 0.2) is 0 Å². The topological polar surface area (TPSA) is 191 Å². The van der Waals surface area contributed by atoms with Gasteiger partial charge in [-0.3, -0.25) is 24.6 Å². The third-order valence-electron chi connectivity index (χ3n) is 9.23. The van der Waals surface area contributed by atoms with Crippen LogP contribution in [0.3, 0.4) is 0 Å². The summed E-state index contributed by atoms with van der Waals surface area (Å²) < 4.78 is 33.3. The molecular formula is C39H50N6O7S. The van der Waals surface area contributed by atoms with E-state index in [4.69, 9.17) is 4.74 Å². The highest BCUT2D eigenvalue weighted by atomic mass is 32.2. The molecule has 0 spiro atoms. The standard InChI is InChI=1S/C39H50N6O7S/c1-23(2)45-53(50,51)30-16-18-31(24(3)19-30)27-11-7-25(8-12-27)20-34(37(48)41-29-15-17-32-33(21-29)43-44-36(32)47)42-35(46)28-13-9-26(10-14-28)22-40-38(49)52-39(4,5)6/h7-8,11-12,15-19,21,23,26,28,34,45H,9-10,13-14,20,22H2,1-6H3,(H,40,49)(H,41,48)(H,42,46)(H2,43,44,47)/t26?,28?,34-/m0/s1. The molecule has 1 fully saturated rings. The van der Waals surface area contributed by atoms with Crippen molar-refractivity contribution in [2.45, 2.75) is 96.2 Å². The number of amides is 3. The van der Waals surface area contributed by atoms with Gasteiger partial charge in [-0.15, -0.1) is 0 Å². The molecule has 0 unspecified atom stereocenters. The number of hydrogen-bond acceptors (Lipinski definition) is 7. The van der Waals surface area contributed by atoms with Crippen molar-refractivity contribution in [1.82, 2.24) is 25.6 Å². The first kappa shape index (κ1) is 39.3. The number of fused-ring (bicyclic) bond motifs is 1. The number of rotatable bonds is 12. The minimum absolute atomic E-state index is 0.196. The lowest BCUT2D eigenvalue weighted by Crippen LogP contribution is -2.48. The molecule has 1 aliphatic rings. The lowest BCUT2D eigenvalue weighted by atomic mass is 9.81. The summed E-state index contributed by atoms with van der Waals surface area (Å²) in [5, 5.41) is 14.5. The average molecular weight is 747 g/mol. The van der Waals surface area contributed by atoms with E-state index < -0.39 is 33.7 Å². The number of carbonyl (C=O) groups excluding carboxylic acids is 3. The predicted octanol–water partition coefficient (Wildman–Crippen LogP) is 5.52. The number of aromatic nitrogens is 2. The highest BCUT2D eigenvalue weighted by molar-refractivity contribution is 7.89. The van der Waals surface area contributed by atoms with Gasteiger partial charge in [0, 0.05) is 30.6 Å². The quantitative estimate of drug-likeness (QED) is 0.110. The van der Waals surface area contributed by atoms with Crippen molar-refractivity contribution in [2.24, 2.45) is 11.8 Å². The zero-order valence-electron chi connectivity index (χ0n) is 31.1. The number of sulfonamides is 1. The van der Waals surface area contributed by atoms with Crippen molar-refractivity contribution in [1.29, 1.82) is 0 Å². The Bertz CT molecular complexity index is 2110. The van der Waals surface area contributed by atoms with Gasteiger partial charge in [-0.2, -0.15) is 0 Å². The number of anilines is 1. The third-order valence-corrected chi connectivity index (χ3v) is 10.9. The smallest absolute Gasteiger partial charge is 0.407 e. The number of carbonyl (C=O) groups is 3. The fourth-order valence-electron chi connectivity index (χ4n) is 6.58. The van der Waals surface area contributed by atoms with E-state index in [-0.39, 0.29) is 40.7 Å². The summed E-state index contributed by atoms with van der Waals surface area (Å²) in [6.07, 6.45) is 2.51. The van der Waals surface area contributed by atoms with Gasteiger partial charge >= 0.3 is 6.09 Å². The van der Waals surface area contributed by atoms with Crippen molar-refractivity contribution < 1.29 is 27.5 Å². The number of ether oxygens (including phenoxy) is 1. The molecule has 13 nitrogen and oxygen atoms in total. The molecule has 1 atom stereocenters. The van der Waals surface area contributed by atoms with E-state index in [1.165, 1.54) is 0 Å². The van der Waals surface area contributed by atoms with Crippen molar-refractivity contribution in [2.75, 3.05) is 11.9 Å². The van der Waals surface area contributed by atoms with Gasteiger partial charge in [-0.05, 0) is 126 Å². The van der Waals surface area contributed by atoms with Crippen LogP contribution in [0.25, 0.3) is 22.0 Å². The van der Waals surface area contributed by atoms with Crippen molar-refractivity contribution >= 4 is 44.5 Å². The molecule has 0 bridgehead atoms. The maximum atomic E-state index is 13.8. The number of hydrogen-bond donors (Lipinski definition) is 6. The van der Waals surface area contributed by atoms with Crippen LogP contribution in [-0.2, 0) is 30.8 Å². The van der Waals surface area contributed by atoms with Gasteiger partial charge in [0.05, 0.1) is 15.8 Å². The van der Waals surface area contributed by atoms with Crippen LogP contribution in [-0.4, -0.2) is 60.8 Å². The Hall–Kier alpha value is -4.95. The van der Waals surface area contributed by atoms with Crippen molar-refractivity contribution in [3.63, 3.8) is 0 Å². The Morgan fingerprint density at radius 3 is 2.26 bits per heavy atom. The molecule has 53 heavy (non-hydrogen) atoms. The molecule has 1 saturated carbocycles. The number of nitrogens with one attached hydrogen (secondary N) is 6. The van der Waals surface area contributed by atoms with E-state index in [0.29, 0.717) is 36.0 Å². The van der Waals surface area contributed by atoms with Gasteiger partial charge in [0.25, 0.3) is 5.56 Å². The maximum absolute atomic E-state index is 13.8. The van der Waals surface area contributed by atoms with Gasteiger partial charge in [0.1, 0.15) is 11.6 Å². The van der Waals surface area contributed by atoms with Crippen molar-refractivity contribution in [3.8, 4) is 11.1 Å². The van der Waals surface area contributed by atoms with E-state index in [9.17, 15) is 27.6 Å². The van der Waals surface area contributed by atoms with E-state index in [1.54, 1.807) is 50.2 Å². The molecule has 4 aromatic rings. The molecule has 284 valence electrons. The summed E-state index contributed by atoms with van der Waals surface area (Å²) in [5.74, 6) is -0.668. The number of H-pyrrole nitrogens is 2. The molecule has 1 heterocycles. The fraction of sp³-hybridized carbons (Fsp3) is 0.436. The van der Waals surface area contributed by atoms with Crippen LogP contribution in [0, 0.1) is 18.8 Å². The molecular weight excluding hydrogens is 697 g/mol. The second kappa shape index (κ2) is 16.4. The first-order valence-corrected chi connectivity index (χ1v) is 19.5. The molecule has 0 radical (unpaired) electrons. The van der Waals surface area contributed by atoms with E-state index in [0.717, 1.165) is 35.1 Å². The first-order chi connectivity index (χ1) is 25.0. The second-order valence-corrected chi connectivity index (χ2v) is 16.9. The van der Waals surface area contributed by atoms with E-state index in [2.05, 4.69) is 30.9 Å². The maximum Gasteiger partial charge on any atom is 0.407 e. The summed E-state index contributed by atoms with van der Waals surface area (Å²) in [6.45, 7) is 11.3. The minimum Gasteiger partial charge on any atom is -0.444 e. The SMILES string of the molecule is Cc1cc(S(=O)(=O)NC(C)C)ccc1-c1ccc(C[C@H](NC(=O)C2CCC(CNC(=O)OC(C)(C)C)CC2)C(=O)Nc2ccc3c(=O)[nH][nH]c3c2)cc1. The minimum atomic E-state index is -3.63. The van der Waals surface area contributed by atoms with Gasteiger partial charge < -0.3 is 20.7 Å². The first-order valence-electron chi connectivity index (χ1n) is 18.0. The van der Waals surface area contributed by atoms with Gasteiger partial charge in [-0.1, -0.05) is 30.3 Å². The third kappa shape index (κ3) is 10.6. The number of aromatic amines is 2. The summed E-state index contributed by atoms with van der Waals surface area (Å²) in [5.41, 5.74) is 3.53. The molecule has 0 saturated heterocycles. The summed E-state index contributed by atoms with van der Waals surface area (Å²) in [4.78, 5) is 51.7. The van der Waals surface area contributed by atoms with Gasteiger partial charge in [-0.25, -0.2) is 17.9 Å². The lowest BCUT2D eigenvalue weighted by Gasteiger charge is -2.29. The molecule has 3 amide bonds. The molecule has 14 heteroatoms. The highest BCUT2D eigenvalue weighted by Gasteiger charge is 2.30. The number of alkyl carbamates (subject to hydrolysis) is 1. The normalized spacial score (nSPS) is 17.0. The van der Waals surface area contributed by atoms with Crippen molar-refractivity contribution in [3.05, 3.63) is 82.1 Å². The zero-order valence-corrected chi connectivity index (χ0v) is 31.9. The Morgan fingerprint density at radius 2 is 1.62 bits per heavy atom. The Labute approximate surface area is 310 Å². The Morgan fingerprint density at radius 1 is 0.925 bits per heavy atom. The summed E-state index contributed by atoms with van der Waals surface area (Å²) in [6, 6.07) is 16.4.